The molecule has 0 spiro atoms. The summed E-state index contributed by atoms with van der Waals surface area (Å²) in [5.41, 5.74) is 1.67. The third kappa shape index (κ3) is 4.01. The monoisotopic (exact) mass is 547 g/mol. The van der Waals surface area contributed by atoms with Crippen LogP contribution in [0, 0.1) is 5.92 Å². The van der Waals surface area contributed by atoms with Crippen LogP contribution in [0.5, 0.6) is 0 Å². The van der Waals surface area contributed by atoms with Gasteiger partial charge < -0.3 is 15.1 Å². The van der Waals surface area contributed by atoms with Crippen molar-refractivity contribution in [3.63, 3.8) is 0 Å². The molecule has 0 radical (unpaired) electrons. The molecule has 4 aromatic rings. The lowest BCUT2D eigenvalue weighted by Crippen LogP contribution is -2.44. The van der Waals surface area contributed by atoms with Gasteiger partial charge >= 0.3 is 0 Å². The Hall–Kier alpha value is -3.46. The van der Waals surface area contributed by atoms with Crippen LogP contribution >= 0.6 is 15.9 Å². The first kappa shape index (κ1) is 24.2. The van der Waals surface area contributed by atoms with Gasteiger partial charge in [-0.2, -0.15) is 0 Å². The number of anilines is 1. The van der Waals surface area contributed by atoms with E-state index in [4.69, 9.17) is 5.11 Å². The average molecular weight is 548 g/mol. The first-order valence-electron chi connectivity index (χ1n) is 11.8. The number of aromatic amines is 1. The third-order valence-electron chi connectivity index (χ3n) is 6.74. The number of aliphatic hydroxyl groups is 2. The number of halogens is 1. The fourth-order valence-corrected chi connectivity index (χ4v) is 5.13. The molecule has 5 rings (SSSR count). The van der Waals surface area contributed by atoms with Crippen LogP contribution in [0.25, 0.3) is 16.6 Å². The van der Waals surface area contributed by atoms with Crippen LogP contribution in [-0.4, -0.2) is 32.5 Å². The Morgan fingerprint density at radius 2 is 1.83 bits per heavy atom. The van der Waals surface area contributed by atoms with Gasteiger partial charge in [-0.25, -0.2) is 4.68 Å². The van der Waals surface area contributed by atoms with E-state index >= 15 is 0 Å². The number of hydrogen-bond donors (Lipinski definition) is 3. The number of nitrogens with one attached hydrogen (secondary N) is 1. The van der Waals surface area contributed by atoms with Crippen molar-refractivity contribution in [3.05, 3.63) is 105 Å². The van der Waals surface area contributed by atoms with Crippen molar-refractivity contribution in [3.8, 4) is 5.69 Å². The third-order valence-corrected chi connectivity index (χ3v) is 7.23. The highest BCUT2D eigenvalue weighted by Gasteiger charge is 2.52. The van der Waals surface area contributed by atoms with Gasteiger partial charge in [0, 0.05) is 22.6 Å². The summed E-state index contributed by atoms with van der Waals surface area (Å²) in [6.07, 6.45) is 4.01. The van der Waals surface area contributed by atoms with Gasteiger partial charge in [-0.3, -0.25) is 14.7 Å². The minimum absolute atomic E-state index is 0.00445. The van der Waals surface area contributed by atoms with Gasteiger partial charge in [0.1, 0.15) is 0 Å². The molecule has 1 amide bonds. The van der Waals surface area contributed by atoms with E-state index < -0.39 is 17.4 Å². The minimum atomic E-state index is -1.72. The van der Waals surface area contributed by atoms with E-state index in [-0.39, 0.29) is 18.7 Å². The maximum Gasteiger partial charge on any atom is 0.279 e. The van der Waals surface area contributed by atoms with Crippen molar-refractivity contribution in [1.82, 2.24) is 9.78 Å². The molecule has 7 nitrogen and oxygen atoms in total. The lowest BCUT2D eigenvalue weighted by atomic mass is 9.83. The van der Waals surface area contributed by atoms with Crippen molar-refractivity contribution in [2.24, 2.45) is 5.92 Å². The largest absolute Gasteiger partial charge is 0.396 e. The second kappa shape index (κ2) is 9.54. The van der Waals surface area contributed by atoms with Crippen molar-refractivity contribution in [2.45, 2.75) is 25.5 Å². The number of hydrogen-bond acceptors (Lipinski definition) is 4. The van der Waals surface area contributed by atoms with E-state index in [1.807, 2.05) is 54.6 Å². The highest BCUT2D eigenvalue weighted by atomic mass is 79.9. The number of H-pyrrole nitrogens is 1. The van der Waals surface area contributed by atoms with E-state index in [1.165, 1.54) is 4.68 Å². The number of nitrogens with zero attached hydrogens (tertiary/aromatic N) is 2. The quantitative estimate of drug-likeness (QED) is 0.299. The first-order chi connectivity index (χ1) is 17.3. The molecular weight excluding hydrogens is 522 g/mol. The molecule has 2 heterocycles. The number of benzene rings is 3. The van der Waals surface area contributed by atoms with Crippen molar-refractivity contribution in [1.29, 1.82) is 0 Å². The molecular formula is C28H26BrN3O4. The van der Waals surface area contributed by atoms with Gasteiger partial charge in [0.25, 0.3) is 11.5 Å². The molecule has 3 aromatic carbocycles. The van der Waals surface area contributed by atoms with Gasteiger partial charge in [-0.1, -0.05) is 59.3 Å². The summed E-state index contributed by atoms with van der Waals surface area (Å²) in [4.78, 5) is 28.0. The molecule has 0 bridgehead atoms. The Labute approximate surface area is 216 Å². The fourth-order valence-electron chi connectivity index (χ4n) is 4.76. The molecule has 8 heteroatoms. The zero-order valence-corrected chi connectivity index (χ0v) is 21.3. The Bertz CT molecular complexity index is 1520. The Morgan fingerprint density at radius 1 is 1.08 bits per heavy atom. The lowest BCUT2D eigenvalue weighted by molar-refractivity contribution is -0.139. The maximum atomic E-state index is 13.6. The summed E-state index contributed by atoms with van der Waals surface area (Å²) in [5, 5.41) is 24.5. The summed E-state index contributed by atoms with van der Waals surface area (Å²) in [6.45, 7) is 2.07. The van der Waals surface area contributed by atoms with Gasteiger partial charge in [0.2, 0.25) is 0 Å². The SMILES string of the molecule is C[C@@H](/C=C/CCO)[C@]1(O)C(=O)N(Cc2ccc(-n3[nH]c4ccccc4c3=O)cc2)c2ccc(Br)cc21. The molecule has 0 aliphatic carbocycles. The van der Waals surface area contributed by atoms with Crippen LogP contribution in [0.3, 0.4) is 0 Å². The van der Waals surface area contributed by atoms with E-state index in [9.17, 15) is 14.7 Å². The topological polar surface area (TPSA) is 98.6 Å². The Morgan fingerprint density at radius 3 is 2.56 bits per heavy atom. The van der Waals surface area contributed by atoms with Crippen LogP contribution < -0.4 is 10.5 Å². The number of fused-ring (bicyclic) bond motifs is 2. The standard InChI is InChI=1S/C28H26BrN3O4/c1-18(6-4-5-15-33)28(36)23-16-20(29)11-14-25(23)31(27(28)35)17-19-9-12-21(13-10-19)32-26(34)22-7-2-3-8-24(22)30-32/h2-4,6-14,16,18,30,33,36H,5,15,17H2,1H3/b6-4+/t18-,28+/m0/s1. The zero-order valence-electron chi connectivity index (χ0n) is 19.7. The predicted octanol–water partition coefficient (Wildman–Crippen LogP) is 4.39. The van der Waals surface area contributed by atoms with E-state index in [2.05, 4.69) is 21.0 Å². The number of carbonyl (C=O) groups is 1. The van der Waals surface area contributed by atoms with E-state index in [0.29, 0.717) is 28.7 Å². The van der Waals surface area contributed by atoms with E-state index in [0.717, 1.165) is 15.6 Å². The molecule has 0 saturated heterocycles. The molecule has 0 unspecified atom stereocenters. The molecule has 184 valence electrons. The second-order valence-corrected chi connectivity index (χ2v) is 9.93. The minimum Gasteiger partial charge on any atom is -0.396 e. The van der Waals surface area contributed by atoms with Gasteiger partial charge in [0.15, 0.2) is 5.60 Å². The molecule has 0 fully saturated rings. The molecule has 0 saturated carbocycles. The van der Waals surface area contributed by atoms with Gasteiger partial charge in [-0.05, 0) is 54.4 Å². The van der Waals surface area contributed by atoms with E-state index in [1.54, 1.807) is 36.1 Å². The first-order valence-corrected chi connectivity index (χ1v) is 12.5. The molecule has 1 aromatic heterocycles. The summed E-state index contributed by atoms with van der Waals surface area (Å²) in [6, 6.07) is 20.2. The number of para-hydroxylation sites is 1. The van der Waals surface area contributed by atoms with Crippen LogP contribution in [0.4, 0.5) is 5.69 Å². The Kier molecular flexibility index (Phi) is 6.42. The molecule has 1 aliphatic heterocycles. The summed E-state index contributed by atoms with van der Waals surface area (Å²) >= 11 is 3.46. The molecule has 2 atom stereocenters. The van der Waals surface area contributed by atoms with Crippen LogP contribution in [0.15, 0.2) is 88.1 Å². The summed E-state index contributed by atoms with van der Waals surface area (Å²) in [5.74, 6) is -0.890. The fraction of sp³-hybridized carbons (Fsp3) is 0.214. The van der Waals surface area contributed by atoms with Crippen LogP contribution in [0.2, 0.25) is 0 Å². The average Bonchev–Trinajstić information content (AvgIpc) is 3.33. The summed E-state index contributed by atoms with van der Waals surface area (Å²) in [7, 11) is 0. The number of aliphatic hydroxyl groups excluding tert-OH is 1. The normalized spacial score (nSPS) is 18.3. The molecule has 36 heavy (non-hydrogen) atoms. The lowest BCUT2D eigenvalue weighted by Gasteiger charge is -2.27. The highest BCUT2D eigenvalue weighted by Crippen LogP contribution is 2.46. The predicted molar refractivity (Wildman–Crippen MR) is 143 cm³/mol. The van der Waals surface area contributed by atoms with Crippen LogP contribution in [0.1, 0.15) is 24.5 Å². The van der Waals surface area contributed by atoms with Crippen molar-refractivity contribution >= 4 is 38.4 Å². The van der Waals surface area contributed by atoms with Crippen molar-refractivity contribution < 1.29 is 15.0 Å². The number of amides is 1. The molecule has 1 aliphatic rings. The van der Waals surface area contributed by atoms with Gasteiger partial charge in [0.05, 0.1) is 28.8 Å². The van der Waals surface area contributed by atoms with Gasteiger partial charge in [-0.15, -0.1) is 0 Å². The summed E-state index contributed by atoms with van der Waals surface area (Å²) < 4.78 is 2.27. The zero-order chi connectivity index (χ0) is 25.4. The van der Waals surface area contributed by atoms with Crippen molar-refractivity contribution in [2.75, 3.05) is 11.5 Å². The second-order valence-electron chi connectivity index (χ2n) is 9.01. The number of carbonyl (C=O) groups excluding carboxylic acids is 1. The number of rotatable bonds is 7. The molecule has 3 N–H and O–H groups in total. The highest BCUT2D eigenvalue weighted by molar-refractivity contribution is 9.10. The maximum absolute atomic E-state index is 13.6. The Balaban J connectivity index is 1.45. The van der Waals surface area contributed by atoms with Crippen LogP contribution in [-0.2, 0) is 16.9 Å². The smallest absolute Gasteiger partial charge is 0.279 e. The number of aromatic nitrogens is 2.